The molecule has 0 aromatic carbocycles. The Morgan fingerprint density at radius 2 is 0.519 bits per heavy atom. The first kappa shape index (κ1) is 74.5. The number of hydrogen-bond donors (Lipinski definition) is 0. The van der Waals surface area contributed by atoms with Gasteiger partial charge in [0.05, 0.1) is 0 Å². The van der Waals surface area contributed by atoms with Crippen LogP contribution in [0.4, 0.5) is 0 Å². The Kier molecular flexibility index (Phi) is 62.3. The molecule has 1 atom stereocenters. The minimum absolute atomic E-state index is 0.119. The average Bonchev–Trinajstić information content (AvgIpc) is 3.45. The predicted molar refractivity (Wildman–Crippen MR) is 343 cm³/mol. The molecule has 0 rings (SSSR count). The summed E-state index contributed by atoms with van der Waals surface area (Å²) in [5.41, 5.74) is 0. The Balaban J connectivity index is 4.22. The molecular weight excluding hydrogens is 973 g/mol. The lowest BCUT2D eigenvalue weighted by molar-refractivity contribution is -0.166. The third-order valence-electron chi connectivity index (χ3n) is 13.6. The fourth-order valence-electron chi connectivity index (χ4n) is 8.81. The van der Waals surface area contributed by atoms with E-state index in [0.717, 1.165) is 96.3 Å². The molecule has 0 spiro atoms. The molecule has 1 unspecified atom stereocenters. The smallest absolute Gasteiger partial charge is 0.306 e. The summed E-state index contributed by atoms with van der Waals surface area (Å²) in [7, 11) is 0. The van der Waals surface area contributed by atoms with Crippen molar-refractivity contribution in [2.75, 3.05) is 13.2 Å². The molecule has 6 heteroatoms. The third kappa shape index (κ3) is 64.3. The number of ether oxygens (including phenoxy) is 3. The normalized spacial score (nSPS) is 13.0. The van der Waals surface area contributed by atoms with E-state index in [4.69, 9.17) is 14.2 Å². The lowest BCUT2D eigenvalue weighted by Gasteiger charge is -2.18. The minimum atomic E-state index is -0.832. The standard InChI is InChI=1S/C73H120O6/c1-4-7-10-13-16-19-22-25-27-28-29-30-31-32-33-34-35-36-37-38-39-40-41-42-43-44-46-48-51-54-57-60-63-66-72(75)78-69-70(68-77-71(74)65-62-59-56-53-50-47-24-21-18-15-12-9-6-3)79-73(76)67-64-61-58-55-52-49-45-26-23-20-17-14-11-8-5-2/h8-9,11-12,17-18,20-22,25-26,28-29,31-32,45,47,50,52,55-56,59,70H,4-7,10,13-16,19,23-24,27,30,33-44,46,48-49,51,53-54,57-58,60-69H2,1-3H3/b11-8-,12-9-,20-17-,21-18-,25-22-,29-28-,32-31-,45-26-,50-47-,55-52-,59-56-. The van der Waals surface area contributed by atoms with Crippen LogP contribution >= 0.6 is 0 Å². The van der Waals surface area contributed by atoms with Crippen molar-refractivity contribution >= 4 is 17.9 Å². The van der Waals surface area contributed by atoms with E-state index >= 15 is 0 Å². The van der Waals surface area contributed by atoms with Crippen molar-refractivity contribution in [3.05, 3.63) is 134 Å². The molecule has 0 radical (unpaired) electrons. The van der Waals surface area contributed by atoms with E-state index in [1.165, 1.54) is 141 Å². The van der Waals surface area contributed by atoms with Gasteiger partial charge < -0.3 is 14.2 Å². The van der Waals surface area contributed by atoms with E-state index in [-0.39, 0.29) is 44.0 Å². The number of rotatable bonds is 58. The fraction of sp³-hybridized carbons (Fsp3) is 0.658. The molecule has 0 N–H and O–H groups in total. The Morgan fingerprint density at radius 3 is 0.873 bits per heavy atom. The van der Waals surface area contributed by atoms with Crippen LogP contribution in [0.5, 0.6) is 0 Å². The molecule has 0 aromatic heterocycles. The van der Waals surface area contributed by atoms with Gasteiger partial charge in [-0.15, -0.1) is 0 Å². The first-order chi connectivity index (χ1) is 39.0. The molecule has 0 heterocycles. The molecule has 0 aliphatic heterocycles. The van der Waals surface area contributed by atoms with E-state index in [0.29, 0.717) is 19.3 Å². The van der Waals surface area contributed by atoms with Gasteiger partial charge in [0.1, 0.15) is 13.2 Å². The quantitative estimate of drug-likeness (QED) is 0.0261. The first-order valence-electron chi connectivity index (χ1n) is 32.7. The van der Waals surface area contributed by atoms with Crippen LogP contribution in [0, 0.1) is 0 Å². The fourth-order valence-corrected chi connectivity index (χ4v) is 8.81. The van der Waals surface area contributed by atoms with Crippen molar-refractivity contribution in [1.82, 2.24) is 0 Å². The summed E-state index contributed by atoms with van der Waals surface area (Å²) in [5.74, 6) is -1.05. The molecule has 0 saturated heterocycles. The second-order valence-corrected chi connectivity index (χ2v) is 21.3. The molecule has 0 aromatic rings. The monoisotopic (exact) mass is 1090 g/mol. The lowest BCUT2D eigenvalue weighted by Crippen LogP contribution is -2.30. The summed E-state index contributed by atoms with van der Waals surface area (Å²) >= 11 is 0. The van der Waals surface area contributed by atoms with Gasteiger partial charge in [-0.25, -0.2) is 0 Å². The molecule has 0 bridgehead atoms. The Bertz CT molecular complexity index is 1680. The molecule has 0 fully saturated rings. The van der Waals surface area contributed by atoms with Crippen molar-refractivity contribution < 1.29 is 28.6 Å². The Morgan fingerprint density at radius 1 is 0.266 bits per heavy atom. The summed E-state index contributed by atoms with van der Waals surface area (Å²) in [6.45, 7) is 6.30. The maximum Gasteiger partial charge on any atom is 0.306 e. The van der Waals surface area contributed by atoms with Gasteiger partial charge in [0.25, 0.3) is 0 Å². The van der Waals surface area contributed by atoms with Gasteiger partial charge in [-0.1, -0.05) is 283 Å². The van der Waals surface area contributed by atoms with Crippen LogP contribution < -0.4 is 0 Å². The number of unbranched alkanes of at least 4 members (excludes halogenated alkanes) is 25. The zero-order chi connectivity index (χ0) is 57.1. The van der Waals surface area contributed by atoms with Gasteiger partial charge in [0.15, 0.2) is 6.10 Å². The van der Waals surface area contributed by atoms with Gasteiger partial charge in [-0.3, -0.25) is 14.4 Å². The second kappa shape index (κ2) is 66.1. The summed E-state index contributed by atoms with van der Waals surface area (Å²) in [4.78, 5) is 38.2. The van der Waals surface area contributed by atoms with Crippen molar-refractivity contribution in [2.45, 2.75) is 297 Å². The molecule has 0 aliphatic carbocycles. The summed E-state index contributed by atoms with van der Waals surface area (Å²) in [6.07, 6.45) is 93.6. The van der Waals surface area contributed by atoms with Crippen molar-refractivity contribution in [2.24, 2.45) is 0 Å². The maximum absolute atomic E-state index is 12.8. The zero-order valence-corrected chi connectivity index (χ0v) is 51.3. The van der Waals surface area contributed by atoms with Crippen LogP contribution in [0.3, 0.4) is 0 Å². The number of hydrogen-bond acceptors (Lipinski definition) is 6. The number of esters is 3. The number of allylic oxidation sites excluding steroid dienone is 22. The van der Waals surface area contributed by atoms with E-state index < -0.39 is 6.10 Å². The number of carbonyl (C=O) groups is 3. The lowest BCUT2D eigenvalue weighted by atomic mass is 10.0. The van der Waals surface area contributed by atoms with Crippen molar-refractivity contribution in [3.8, 4) is 0 Å². The largest absolute Gasteiger partial charge is 0.462 e. The third-order valence-corrected chi connectivity index (χ3v) is 13.6. The van der Waals surface area contributed by atoms with Crippen LogP contribution in [0.15, 0.2) is 134 Å². The van der Waals surface area contributed by atoms with Crippen LogP contribution in [0.1, 0.15) is 290 Å². The Labute approximate surface area is 487 Å². The summed E-state index contributed by atoms with van der Waals surface area (Å²) in [6, 6.07) is 0. The van der Waals surface area contributed by atoms with Crippen LogP contribution in [0.25, 0.3) is 0 Å². The predicted octanol–water partition coefficient (Wildman–Crippen LogP) is 22.5. The molecule has 0 amide bonds. The molecule has 448 valence electrons. The number of carbonyl (C=O) groups excluding carboxylic acids is 3. The maximum atomic E-state index is 12.8. The van der Waals surface area contributed by atoms with Crippen LogP contribution in [0.2, 0.25) is 0 Å². The highest BCUT2D eigenvalue weighted by molar-refractivity contribution is 5.71. The van der Waals surface area contributed by atoms with E-state index in [1.807, 2.05) is 12.2 Å². The van der Waals surface area contributed by atoms with E-state index in [9.17, 15) is 14.4 Å². The van der Waals surface area contributed by atoms with Crippen LogP contribution in [-0.2, 0) is 28.6 Å². The van der Waals surface area contributed by atoms with Gasteiger partial charge in [0, 0.05) is 19.3 Å². The van der Waals surface area contributed by atoms with Crippen molar-refractivity contribution in [3.63, 3.8) is 0 Å². The highest BCUT2D eigenvalue weighted by Gasteiger charge is 2.19. The average molecular weight is 1090 g/mol. The highest BCUT2D eigenvalue weighted by atomic mass is 16.6. The Hall–Kier alpha value is -4.45. The van der Waals surface area contributed by atoms with E-state index in [1.54, 1.807) is 0 Å². The second-order valence-electron chi connectivity index (χ2n) is 21.3. The SMILES string of the molecule is CC/C=C\C/C=C\C/C=C\C/C=C\CCCCC(=O)OC(COC(=O)CC/C=C\C/C=C\C/C=C\C/C=C\CC)COC(=O)CCCCCCCCCCCCCCCCCCCC/C=C\C/C=C\C/C=C\CCCCCCC. The zero-order valence-electron chi connectivity index (χ0n) is 51.3. The molecule has 6 nitrogen and oxygen atoms in total. The summed E-state index contributed by atoms with van der Waals surface area (Å²) < 4.78 is 16.8. The molecule has 0 aliphatic rings. The molecule has 0 saturated carbocycles. The van der Waals surface area contributed by atoms with Crippen molar-refractivity contribution in [1.29, 1.82) is 0 Å². The van der Waals surface area contributed by atoms with Gasteiger partial charge >= 0.3 is 17.9 Å². The van der Waals surface area contributed by atoms with Crippen LogP contribution in [-0.4, -0.2) is 37.2 Å². The first-order valence-corrected chi connectivity index (χ1v) is 32.7. The molecule has 79 heavy (non-hydrogen) atoms. The minimum Gasteiger partial charge on any atom is -0.462 e. The highest BCUT2D eigenvalue weighted by Crippen LogP contribution is 2.16. The topological polar surface area (TPSA) is 78.9 Å². The summed E-state index contributed by atoms with van der Waals surface area (Å²) in [5, 5.41) is 0. The van der Waals surface area contributed by atoms with Gasteiger partial charge in [-0.2, -0.15) is 0 Å². The van der Waals surface area contributed by atoms with Gasteiger partial charge in [-0.05, 0) is 122 Å². The van der Waals surface area contributed by atoms with E-state index in [2.05, 4.69) is 142 Å². The van der Waals surface area contributed by atoms with Gasteiger partial charge in [0.2, 0.25) is 0 Å². The molecular formula is C73H120O6.